The number of aromatic nitrogens is 1. The van der Waals surface area contributed by atoms with E-state index in [0.717, 1.165) is 11.4 Å². The number of nitrogens with zero attached hydrogens (tertiary/aromatic N) is 1. The average Bonchev–Trinajstić information content (AvgIpc) is 2.60. The van der Waals surface area contributed by atoms with Gasteiger partial charge >= 0.3 is 6.09 Å². The van der Waals surface area contributed by atoms with E-state index in [0.29, 0.717) is 6.54 Å². The Hall–Kier alpha value is -1.78. The minimum absolute atomic E-state index is 0.000151. The zero-order valence-electron chi connectivity index (χ0n) is 11.8. The van der Waals surface area contributed by atoms with Crippen LogP contribution in [0.5, 0.6) is 5.75 Å². The molecule has 0 spiro atoms. The van der Waals surface area contributed by atoms with E-state index in [2.05, 4.69) is 10.3 Å². The molecule has 0 saturated carbocycles. The fourth-order valence-corrected chi connectivity index (χ4v) is 2.06. The van der Waals surface area contributed by atoms with E-state index >= 15 is 0 Å². The van der Waals surface area contributed by atoms with Crippen LogP contribution < -0.4 is 10.1 Å². The Morgan fingerprint density at radius 3 is 2.95 bits per heavy atom. The highest BCUT2D eigenvalue weighted by molar-refractivity contribution is 5.67. The van der Waals surface area contributed by atoms with Crippen molar-refractivity contribution in [3.8, 4) is 5.75 Å². The maximum Gasteiger partial charge on any atom is 0.407 e. The predicted octanol–water partition coefficient (Wildman–Crippen LogP) is 2.47. The van der Waals surface area contributed by atoms with Gasteiger partial charge in [0, 0.05) is 12.7 Å². The number of hydrogen-bond acceptors (Lipinski definition) is 4. The number of ether oxygens (including phenoxy) is 2. The number of fused-ring (bicyclic) bond motifs is 1. The number of carbonyl (C=O) groups excluding carboxylic acids is 1. The fourth-order valence-electron chi connectivity index (χ4n) is 2.06. The van der Waals surface area contributed by atoms with Crippen LogP contribution in [0.4, 0.5) is 4.79 Å². The van der Waals surface area contributed by atoms with E-state index in [-0.39, 0.29) is 12.0 Å². The molecule has 1 aliphatic rings. The van der Waals surface area contributed by atoms with Crippen LogP contribution in [-0.4, -0.2) is 29.3 Å². The van der Waals surface area contributed by atoms with Crippen LogP contribution in [0.25, 0.3) is 0 Å². The molecule has 2 heterocycles. The molecule has 1 amide bonds. The maximum atomic E-state index is 11.6. The number of rotatable bonds is 2. The molecule has 1 aliphatic heterocycles. The van der Waals surface area contributed by atoms with Gasteiger partial charge in [-0.05, 0) is 39.8 Å². The molecule has 1 aromatic heterocycles. The van der Waals surface area contributed by atoms with Gasteiger partial charge in [-0.25, -0.2) is 4.79 Å². The molecule has 104 valence electrons. The second-order valence-corrected chi connectivity index (χ2v) is 5.70. The Kier molecular flexibility index (Phi) is 3.64. The smallest absolute Gasteiger partial charge is 0.407 e. The lowest BCUT2D eigenvalue weighted by molar-refractivity contribution is 0.0519. The predicted molar refractivity (Wildman–Crippen MR) is 71.3 cm³/mol. The molecule has 19 heavy (non-hydrogen) atoms. The van der Waals surface area contributed by atoms with E-state index in [9.17, 15) is 4.79 Å². The third kappa shape index (κ3) is 3.36. The zero-order valence-corrected chi connectivity index (χ0v) is 11.8. The Morgan fingerprint density at radius 1 is 1.53 bits per heavy atom. The van der Waals surface area contributed by atoms with Gasteiger partial charge in [0.05, 0.1) is 11.6 Å². The number of carbonyl (C=O) groups is 1. The molecule has 2 rings (SSSR count). The summed E-state index contributed by atoms with van der Waals surface area (Å²) in [7, 11) is 0. The molecule has 1 aromatic rings. The quantitative estimate of drug-likeness (QED) is 0.891. The lowest BCUT2D eigenvalue weighted by Gasteiger charge is -2.21. The molecule has 0 aliphatic carbocycles. The summed E-state index contributed by atoms with van der Waals surface area (Å²) >= 11 is 0. The third-order valence-corrected chi connectivity index (χ3v) is 2.90. The van der Waals surface area contributed by atoms with Crippen molar-refractivity contribution in [1.82, 2.24) is 10.3 Å². The van der Waals surface area contributed by atoms with Crippen molar-refractivity contribution in [2.24, 2.45) is 0 Å². The number of amides is 1. The number of pyridine rings is 1. The average molecular weight is 264 g/mol. The Morgan fingerprint density at radius 2 is 2.26 bits per heavy atom. The fraction of sp³-hybridized carbons (Fsp3) is 0.571. The molecule has 5 heteroatoms. The molecule has 0 fully saturated rings. The van der Waals surface area contributed by atoms with Gasteiger partial charge in [0.2, 0.25) is 0 Å². The van der Waals surface area contributed by atoms with Gasteiger partial charge in [0.15, 0.2) is 0 Å². The van der Waals surface area contributed by atoms with Crippen LogP contribution in [0, 0.1) is 0 Å². The van der Waals surface area contributed by atoms with Crippen molar-refractivity contribution in [1.29, 1.82) is 0 Å². The standard InChI is InChI=1S/C14H20N2O3/c1-9-10(8-16-13(17)19-14(2,3)4)12-11(18-9)6-5-7-15-12/h5-7,9-10H,8H2,1-4H3,(H,16,17)/t9-,10-/m1/s1. The van der Waals surface area contributed by atoms with Crippen molar-refractivity contribution in [3.63, 3.8) is 0 Å². The van der Waals surface area contributed by atoms with E-state index in [1.54, 1.807) is 6.20 Å². The van der Waals surface area contributed by atoms with Crippen LogP contribution >= 0.6 is 0 Å². The summed E-state index contributed by atoms with van der Waals surface area (Å²) in [5.74, 6) is 0.856. The first-order valence-electron chi connectivity index (χ1n) is 6.45. The molecule has 1 N–H and O–H groups in total. The first-order valence-corrected chi connectivity index (χ1v) is 6.45. The molecule has 0 radical (unpaired) electrons. The molecule has 0 bridgehead atoms. The molecule has 0 unspecified atom stereocenters. The summed E-state index contributed by atoms with van der Waals surface area (Å²) in [6.07, 6.45) is 1.32. The number of hydrogen-bond donors (Lipinski definition) is 1. The number of nitrogens with one attached hydrogen (secondary N) is 1. The van der Waals surface area contributed by atoms with Crippen molar-refractivity contribution < 1.29 is 14.3 Å². The van der Waals surface area contributed by atoms with Gasteiger partial charge in [-0.3, -0.25) is 4.98 Å². The van der Waals surface area contributed by atoms with Crippen LogP contribution in [0.15, 0.2) is 18.3 Å². The third-order valence-electron chi connectivity index (χ3n) is 2.90. The van der Waals surface area contributed by atoms with Crippen molar-refractivity contribution in [3.05, 3.63) is 24.0 Å². The maximum absolute atomic E-state index is 11.6. The normalized spacial score (nSPS) is 21.5. The molecule has 2 atom stereocenters. The highest BCUT2D eigenvalue weighted by Gasteiger charge is 2.32. The van der Waals surface area contributed by atoms with Crippen LogP contribution in [-0.2, 0) is 4.74 Å². The molecular weight excluding hydrogens is 244 g/mol. The Bertz CT molecular complexity index is 468. The first-order chi connectivity index (χ1) is 8.87. The summed E-state index contributed by atoms with van der Waals surface area (Å²) in [6, 6.07) is 3.74. The summed E-state index contributed by atoms with van der Waals surface area (Å²) in [5.41, 5.74) is 0.406. The Balaban J connectivity index is 1.95. The molecular formula is C14H20N2O3. The van der Waals surface area contributed by atoms with Gasteiger partial charge in [-0.2, -0.15) is 0 Å². The van der Waals surface area contributed by atoms with Crippen LogP contribution in [0.2, 0.25) is 0 Å². The van der Waals surface area contributed by atoms with Crippen molar-refractivity contribution >= 4 is 6.09 Å². The SMILES string of the molecule is C[C@H]1Oc2cccnc2[C@@H]1CNC(=O)OC(C)(C)C. The largest absolute Gasteiger partial charge is 0.488 e. The highest BCUT2D eigenvalue weighted by Crippen LogP contribution is 2.35. The van der Waals surface area contributed by atoms with Gasteiger partial charge in [0.25, 0.3) is 0 Å². The lowest BCUT2D eigenvalue weighted by Crippen LogP contribution is -2.36. The Labute approximate surface area is 113 Å². The van der Waals surface area contributed by atoms with E-state index in [1.807, 2.05) is 39.8 Å². The summed E-state index contributed by atoms with van der Waals surface area (Å²) in [5, 5.41) is 2.77. The zero-order chi connectivity index (χ0) is 14.0. The minimum atomic E-state index is -0.488. The summed E-state index contributed by atoms with van der Waals surface area (Å²) < 4.78 is 10.9. The van der Waals surface area contributed by atoms with Gasteiger partial charge in [0.1, 0.15) is 17.5 Å². The minimum Gasteiger partial charge on any atom is -0.488 e. The van der Waals surface area contributed by atoms with Gasteiger partial charge < -0.3 is 14.8 Å². The molecule has 0 saturated heterocycles. The number of alkyl carbamates (subject to hydrolysis) is 1. The van der Waals surface area contributed by atoms with Crippen LogP contribution in [0.3, 0.4) is 0 Å². The second-order valence-electron chi connectivity index (χ2n) is 5.70. The van der Waals surface area contributed by atoms with Crippen LogP contribution in [0.1, 0.15) is 39.3 Å². The van der Waals surface area contributed by atoms with Gasteiger partial charge in [-0.1, -0.05) is 0 Å². The lowest BCUT2D eigenvalue weighted by atomic mass is 10.0. The summed E-state index contributed by atoms with van der Waals surface area (Å²) in [4.78, 5) is 16.0. The highest BCUT2D eigenvalue weighted by atomic mass is 16.6. The topological polar surface area (TPSA) is 60.5 Å². The molecule has 5 nitrogen and oxygen atoms in total. The monoisotopic (exact) mass is 264 g/mol. The van der Waals surface area contributed by atoms with E-state index < -0.39 is 11.7 Å². The van der Waals surface area contributed by atoms with Gasteiger partial charge in [-0.15, -0.1) is 0 Å². The van der Waals surface area contributed by atoms with E-state index in [1.165, 1.54) is 0 Å². The van der Waals surface area contributed by atoms with E-state index in [4.69, 9.17) is 9.47 Å². The second kappa shape index (κ2) is 5.07. The summed E-state index contributed by atoms with van der Waals surface area (Å²) in [6.45, 7) is 7.95. The van der Waals surface area contributed by atoms with Crippen molar-refractivity contribution in [2.45, 2.75) is 45.3 Å². The van der Waals surface area contributed by atoms with Crippen molar-refractivity contribution in [2.75, 3.05) is 6.54 Å². The molecule has 0 aromatic carbocycles. The first kappa shape index (κ1) is 13.6.